The number of phenols is 2. The summed E-state index contributed by atoms with van der Waals surface area (Å²) in [6.45, 7) is 3.75. The van der Waals surface area contributed by atoms with Crippen molar-refractivity contribution in [1.29, 1.82) is 0 Å². The number of hydrogen-bond donors (Lipinski definition) is 4. The molecule has 4 heteroatoms. The molecule has 0 aromatic heterocycles. The molecule has 13 heavy (non-hydrogen) atoms. The average molecular weight is 182 g/mol. The van der Waals surface area contributed by atoms with Crippen molar-refractivity contribution in [3.05, 3.63) is 23.8 Å². The Morgan fingerprint density at radius 1 is 1.23 bits per heavy atom. The molecule has 0 fully saturated rings. The predicted octanol–water partition coefficient (Wildman–Crippen LogP) is 0.796. The van der Waals surface area contributed by atoms with Crippen molar-refractivity contribution < 1.29 is 10.2 Å². The maximum absolute atomic E-state index is 9.24. The van der Waals surface area contributed by atoms with Crippen LogP contribution in [0.3, 0.4) is 0 Å². The first kappa shape index (κ1) is 9.83. The van der Waals surface area contributed by atoms with Crippen molar-refractivity contribution in [3.63, 3.8) is 0 Å². The van der Waals surface area contributed by atoms with E-state index >= 15 is 0 Å². The highest BCUT2D eigenvalue weighted by Gasteiger charge is 2.19. The van der Waals surface area contributed by atoms with Gasteiger partial charge >= 0.3 is 0 Å². The van der Waals surface area contributed by atoms with E-state index in [1.54, 1.807) is 6.07 Å². The van der Waals surface area contributed by atoms with Crippen LogP contribution < -0.4 is 11.3 Å². The normalized spacial score (nSPS) is 11.6. The lowest BCUT2D eigenvalue weighted by atomic mass is 9.95. The Labute approximate surface area is 77.0 Å². The second-order valence-electron chi connectivity index (χ2n) is 3.47. The second-order valence-corrected chi connectivity index (χ2v) is 3.47. The largest absolute Gasteiger partial charge is 0.504 e. The van der Waals surface area contributed by atoms with Gasteiger partial charge in [-0.1, -0.05) is 6.07 Å². The highest BCUT2D eigenvalue weighted by atomic mass is 16.3. The molecule has 4 nitrogen and oxygen atoms in total. The zero-order valence-electron chi connectivity index (χ0n) is 7.70. The molecule has 0 aliphatic carbocycles. The van der Waals surface area contributed by atoms with Crippen LogP contribution in [0.1, 0.15) is 19.4 Å². The molecule has 0 spiro atoms. The molecule has 0 aliphatic heterocycles. The summed E-state index contributed by atoms with van der Waals surface area (Å²) in [4.78, 5) is 0. The number of benzene rings is 1. The molecule has 0 atom stereocenters. The third-order valence-electron chi connectivity index (χ3n) is 2.06. The SMILES string of the molecule is CC(C)(NN)c1ccc(O)c(O)c1. The van der Waals surface area contributed by atoms with E-state index < -0.39 is 5.54 Å². The quantitative estimate of drug-likeness (QED) is 0.310. The monoisotopic (exact) mass is 182 g/mol. The third kappa shape index (κ3) is 1.91. The molecule has 0 radical (unpaired) electrons. The summed E-state index contributed by atoms with van der Waals surface area (Å²) in [5.74, 6) is 5.07. The van der Waals surface area contributed by atoms with Gasteiger partial charge in [0.2, 0.25) is 0 Å². The van der Waals surface area contributed by atoms with Gasteiger partial charge in [0.05, 0.1) is 5.54 Å². The van der Waals surface area contributed by atoms with Crippen LogP contribution in [0.5, 0.6) is 11.5 Å². The predicted molar refractivity (Wildman–Crippen MR) is 50.1 cm³/mol. The Bertz CT molecular complexity index is 310. The minimum absolute atomic E-state index is 0.128. The van der Waals surface area contributed by atoms with E-state index in [4.69, 9.17) is 10.9 Å². The van der Waals surface area contributed by atoms with Crippen molar-refractivity contribution in [2.75, 3.05) is 0 Å². The smallest absolute Gasteiger partial charge is 0.157 e. The maximum Gasteiger partial charge on any atom is 0.157 e. The van der Waals surface area contributed by atoms with Crippen LogP contribution in [0.2, 0.25) is 0 Å². The number of phenolic OH excluding ortho intramolecular Hbond substituents is 2. The zero-order valence-corrected chi connectivity index (χ0v) is 7.70. The van der Waals surface area contributed by atoms with Crippen molar-refractivity contribution in [2.45, 2.75) is 19.4 Å². The van der Waals surface area contributed by atoms with Crippen LogP contribution in [-0.4, -0.2) is 10.2 Å². The fourth-order valence-corrected chi connectivity index (χ4v) is 0.996. The van der Waals surface area contributed by atoms with Crippen LogP contribution in [0.25, 0.3) is 0 Å². The molecule has 0 unspecified atom stereocenters. The highest BCUT2D eigenvalue weighted by molar-refractivity contribution is 5.42. The van der Waals surface area contributed by atoms with Gasteiger partial charge in [-0.15, -0.1) is 0 Å². The summed E-state index contributed by atoms with van der Waals surface area (Å²) in [5.41, 5.74) is 3.00. The van der Waals surface area contributed by atoms with Crippen LogP contribution >= 0.6 is 0 Å². The van der Waals surface area contributed by atoms with E-state index in [9.17, 15) is 5.11 Å². The van der Waals surface area contributed by atoms with Gasteiger partial charge in [-0.05, 0) is 31.5 Å². The van der Waals surface area contributed by atoms with Gasteiger partial charge in [-0.2, -0.15) is 0 Å². The van der Waals surface area contributed by atoms with Gasteiger partial charge in [-0.25, -0.2) is 0 Å². The van der Waals surface area contributed by atoms with E-state index in [0.717, 1.165) is 5.56 Å². The minimum atomic E-state index is -0.425. The van der Waals surface area contributed by atoms with Crippen LogP contribution in [0, 0.1) is 0 Å². The van der Waals surface area contributed by atoms with Crippen molar-refractivity contribution >= 4 is 0 Å². The van der Waals surface area contributed by atoms with Crippen molar-refractivity contribution in [1.82, 2.24) is 5.43 Å². The Morgan fingerprint density at radius 2 is 1.85 bits per heavy atom. The Morgan fingerprint density at radius 3 is 2.31 bits per heavy atom. The number of nitrogens with two attached hydrogens (primary N) is 1. The summed E-state index contributed by atoms with van der Waals surface area (Å²) in [6, 6.07) is 4.62. The molecular formula is C9H14N2O2. The van der Waals surface area contributed by atoms with Crippen LogP contribution in [0.15, 0.2) is 18.2 Å². The topological polar surface area (TPSA) is 78.5 Å². The molecule has 1 aromatic carbocycles. The standard InChI is InChI=1S/C9H14N2O2/c1-9(2,11-10)6-3-4-7(12)8(13)5-6/h3-5,11-13H,10H2,1-2H3. The van der Waals surface area contributed by atoms with Gasteiger partial charge in [0.1, 0.15) is 0 Å². The zero-order chi connectivity index (χ0) is 10.1. The number of hydrogen-bond acceptors (Lipinski definition) is 4. The first-order valence-electron chi connectivity index (χ1n) is 3.97. The maximum atomic E-state index is 9.24. The summed E-state index contributed by atoms with van der Waals surface area (Å²) in [7, 11) is 0. The van der Waals surface area contributed by atoms with Crippen LogP contribution in [-0.2, 0) is 5.54 Å². The number of rotatable bonds is 2. The lowest BCUT2D eigenvalue weighted by molar-refractivity contribution is 0.389. The van der Waals surface area contributed by atoms with Gasteiger partial charge in [0.25, 0.3) is 0 Å². The van der Waals surface area contributed by atoms with Gasteiger partial charge in [0, 0.05) is 0 Å². The second kappa shape index (κ2) is 3.24. The lowest BCUT2D eigenvalue weighted by Gasteiger charge is -2.24. The highest BCUT2D eigenvalue weighted by Crippen LogP contribution is 2.29. The van der Waals surface area contributed by atoms with Crippen molar-refractivity contribution in [3.8, 4) is 11.5 Å². The fourth-order valence-electron chi connectivity index (χ4n) is 0.996. The van der Waals surface area contributed by atoms with E-state index in [2.05, 4.69) is 5.43 Å². The van der Waals surface area contributed by atoms with E-state index in [0.29, 0.717) is 0 Å². The number of nitrogens with one attached hydrogen (secondary N) is 1. The molecule has 1 aromatic rings. The minimum Gasteiger partial charge on any atom is -0.504 e. The fraction of sp³-hybridized carbons (Fsp3) is 0.333. The molecule has 0 heterocycles. The third-order valence-corrected chi connectivity index (χ3v) is 2.06. The van der Waals surface area contributed by atoms with Gasteiger partial charge in [-0.3, -0.25) is 11.3 Å². The van der Waals surface area contributed by atoms with Gasteiger partial charge < -0.3 is 10.2 Å². The molecular weight excluding hydrogens is 168 g/mol. The van der Waals surface area contributed by atoms with Crippen molar-refractivity contribution in [2.24, 2.45) is 5.84 Å². The molecule has 0 bridgehead atoms. The summed E-state index contributed by atoms with van der Waals surface area (Å²) in [6.07, 6.45) is 0. The lowest BCUT2D eigenvalue weighted by Crippen LogP contribution is -2.41. The molecule has 0 saturated heterocycles. The van der Waals surface area contributed by atoms with E-state index in [1.807, 2.05) is 13.8 Å². The Kier molecular flexibility index (Phi) is 2.45. The molecule has 72 valence electrons. The number of hydrazine groups is 1. The Hall–Kier alpha value is -1.26. The molecule has 0 amide bonds. The number of aromatic hydroxyl groups is 2. The summed E-state index contributed by atoms with van der Waals surface area (Å²) >= 11 is 0. The van der Waals surface area contributed by atoms with Gasteiger partial charge in [0.15, 0.2) is 11.5 Å². The van der Waals surface area contributed by atoms with E-state index in [-0.39, 0.29) is 11.5 Å². The first-order valence-corrected chi connectivity index (χ1v) is 3.97. The summed E-state index contributed by atoms with van der Waals surface area (Å²) < 4.78 is 0. The van der Waals surface area contributed by atoms with E-state index in [1.165, 1.54) is 12.1 Å². The summed E-state index contributed by atoms with van der Waals surface area (Å²) in [5, 5.41) is 18.3. The van der Waals surface area contributed by atoms with Crippen LogP contribution in [0.4, 0.5) is 0 Å². The molecule has 5 N–H and O–H groups in total. The molecule has 0 aliphatic rings. The Balaban J connectivity index is 3.10. The molecule has 0 saturated carbocycles. The average Bonchev–Trinajstić information content (AvgIpc) is 2.09. The first-order chi connectivity index (χ1) is 5.97. The molecule has 1 rings (SSSR count).